The maximum Gasteiger partial charge on any atom is 0.317 e. The van der Waals surface area contributed by atoms with Gasteiger partial charge in [0.2, 0.25) is 0 Å². The van der Waals surface area contributed by atoms with E-state index in [0.29, 0.717) is 19.0 Å². The molecule has 5 heteroatoms. The Hall–Kier alpha value is -2.04. The Morgan fingerprint density at radius 2 is 2.25 bits per heavy atom. The van der Waals surface area contributed by atoms with E-state index in [4.69, 9.17) is 0 Å². The van der Waals surface area contributed by atoms with Crippen molar-refractivity contribution in [1.82, 2.24) is 14.8 Å². The summed E-state index contributed by atoms with van der Waals surface area (Å²) in [5.74, 6) is 0.640. The van der Waals surface area contributed by atoms with Gasteiger partial charge < -0.3 is 14.8 Å². The molecule has 1 saturated heterocycles. The molecule has 106 valence electrons. The highest BCUT2D eigenvalue weighted by atomic mass is 16.2. The van der Waals surface area contributed by atoms with Crippen molar-refractivity contribution < 1.29 is 4.79 Å². The molecule has 1 aromatic heterocycles. The van der Waals surface area contributed by atoms with Gasteiger partial charge in [0.25, 0.3) is 5.56 Å². The van der Waals surface area contributed by atoms with Crippen LogP contribution in [0.25, 0.3) is 0 Å². The first-order valence-corrected chi connectivity index (χ1v) is 7.02. The predicted octanol–water partition coefficient (Wildman–Crippen LogP) is 1.16. The lowest BCUT2D eigenvalue weighted by atomic mass is 9.83. The van der Waals surface area contributed by atoms with Gasteiger partial charge in [-0.25, -0.2) is 4.79 Å². The highest BCUT2D eigenvalue weighted by Crippen LogP contribution is 2.34. The van der Waals surface area contributed by atoms with Gasteiger partial charge in [-0.1, -0.05) is 12.1 Å². The lowest BCUT2D eigenvalue weighted by molar-refractivity contribution is 0.132. The lowest BCUT2D eigenvalue weighted by Crippen LogP contribution is -2.51. The van der Waals surface area contributed by atoms with Crippen LogP contribution in [0.3, 0.4) is 0 Å². The van der Waals surface area contributed by atoms with Crippen LogP contribution >= 0.6 is 0 Å². The molecule has 0 spiro atoms. The number of carbonyl (C=O) groups excluding carboxylic acids is 1. The molecular formula is C15H19N3O2. The zero-order valence-corrected chi connectivity index (χ0v) is 11.4. The van der Waals surface area contributed by atoms with E-state index in [2.05, 4.69) is 11.9 Å². The zero-order chi connectivity index (χ0) is 14.1. The Balaban J connectivity index is 1.82. The van der Waals surface area contributed by atoms with Gasteiger partial charge in [-0.3, -0.25) is 4.79 Å². The molecule has 1 N–H and O–H groups in total. The van der Waals surface area contributed by atoms with Crippen LogP contribution in [0.5, 0.6) is 0 Å². The third kappa shape index (κ3) is 2.24. The number of hydrogen-bond acceptors (Lipinski definition) is 2. The van der Waals surface area contributed by atoms with Gasteiger partial charge in [0, 0.05) is 43.9 Å². The molecule has 2 aliphatic rings. The number of likely N-dealkylation sites (tertiary alicyclic amines) is 1. The molecule has 0 saturated carbocycles. The number of pyridine rings is 1. The van der Waals surface area contributed by atoms with E-state index >= 15 is 0 Å². The van der Waals surface area contributed by atoms with Crippen LogP contribution in [0, 0.1) is 5.92 Å². The van der Waals surface area contributed by atoms with Crippen LogP contribution in [0.1, 0.15) is 18.0 Å². The van der Waals surface area contributed by atoms with Gasteiger partial charge in [0.05, 0.1) is 0 Å². The van der Waals surface area contributed by atoms with E-state index < -0.39 is 0 Å². The fourth-order valence-corrected chi connectivity index (χ4v) is 3.33. The molecule has 2 bridgehead atoms. The first kappa shape index (κ1) is 13.0. The van der Waals surface area contributed by atoms with Gasteiger partial charge in [-0.2, -0.15) is 0 Å². The third-order valence-electron chi connectivity index (χ3n) is 4.16. The number of nitrogens with zero attached hydrogens (tertiary/aromatic N) is 2. The molecule has 20 heavy (non-hydrogen) atoms. The maximum atomic E-state index is 12.1. The Bertz CT molecular complexity index is 593. The summed E-state index contributed by atoms with van der Waals surface area (Å²) in [6.07, 6.45) is 2.74. The topological polar surface area (TPSA) is 54.3 Å². The van der Waals surface area contributed by atoms with Gasteiger partial charge in [0.15, 0.2) is 0 Å². The summed E-state index contributed by atoms with van der Waals surface area (Å²) in [6.45, 7) is 6.21. The second-order valence-electron chi connectivity index (χ2n) is 5.58. The molecule has 3 rings (SSSR count). The van der Waals surface area contributed by atoms with E-state index in [9.17, 15) is 9.59 Å². The van der Waals surface area contributed by atoms with E-state index in [1.807, 2.05) is 21.6 Å². The molecule has 2 atom stereocenters. The average Bonchev–Trinajstić information content (AvgIpc) is 2.46. The molecule has 3 heterocycles. The number of rotatable bonds is 2. The van der Waals surface area contributed by atoms with Gasteiger partial charge in [0.1, 0.15) is 0 Å². The van der Waals surface area contributed by atoms with E-state index in [1.165, 1.54) is 0 Å². The average molecular weight is 273 g/mol. The molecule has 0 unspecified atom stereocenters. The van der Waals surface area contributed by atoms with Crippen molar-refractivity contribution in [2.45, 2.75) is 18.9 Å². The van der Waals surface area contributed by atoms with Crippen molar-refractivity contribution in [3.8, 4) is 0 Å². The number of carbonyl (C=O) groups is 1. The number of nitrogens with one attached hydrogen (secondary N) is 1. The maximum absolute atomic E-state index is 12.1. The van der Waals surface area contributed by atoms with Gasteiger partial charge >= 0.3 is 6.03 Å². The van der Waals surface area contributed by atoms with E-state index in [1.54, 1.807) is 12.1 Å². The Morgan fingerprint density at radius 3 is 3.05 bits per heavy atom. The van der Waals surface area contributed by atoms with Crippen molar-refractivity contribution in [2.75, 3.05) is 19.6 Å². The van der Waals surface area contributed by atoms with Gasteiger partial charge in [-0.15, -0.1) is 6.58 Å². The van der Waals surface area contributed by atoms with Gasteiger partial charge in [-0.05, 0) is 18.4 Å². The molecule has 2 aliphatic heterocycles. The summed E-state index contributed by atoms with van der Waals surface area (Å²) >= 11 is 0. The summed E-state index contributed by atoms with van der Waals surface area (Å²) in [5.41, 5.74) is 1.14. The van der Waals surface area contributed by atoms with Crippen molar-refractivity contribution in [3.63, 3.8) is 0 Å². The number of hydrogen-bond donors (Lipinski definition) is 1. The molecule has 5 nitrogen and oxygen atoms in total. The van der Waals surface area contributed by atoms with Crippen LogP contribution in [-0.4, -0.2) is 35.1 Å². The summed E-state index contributed by atoms with van der Waals surface area (Å²) in [5, 5.41) is 2.83. The van der Waals surface area contributed by atoms with Crippen LogP contribution < -0.4 is 10.9 Å². The second kappa shape index (κ2) is 5.15. The SMILES string of the molecule is C=CCNC(=O)N1C[C@H]2C[C@@H](C1)c1cccc(=O)n1C2. The summed E-state index contributed by atoms with van der Waals surface area (Å²) in [7, 11) is 0. The van der Waals surface area contributed by atoms with Crippen molar-refractivity contribution in [1.29, 1.82) is 0 Å². The minimum Gasteiger partial charge on any atom is -0.335 e. The van der Waals surface area contributed by atoms with Crippen molar-refractivity contribution in [3.05, 3.63) is 46.9 Å². The first-order valence-electron chi connectivity index (χ1n) is 7.02. The monoisotopic (exact) mass is 273 g/mol. The van der Waals surface area contributed by atoms with Crippen LogP contribution in [0.4, 0.5) is 4.79 Å². The third-order valence-corrected chi connectivity index (χ3v) is 4.16. The van der Waals surface area contributed by atoms with Crippen molar-refractivity contribution >= 4 is 6.03 Å². The molecule has 0 radical (unpaired) electrons. The summed E-state index contributed by atoms with van der Waals surface area (Å²) in [4.78, 5) is 25.8. The largest absolute Gasteiger partial charge is 0.335 e. The highest BCUT2D eigenvalue weighted by molar-refractivity contribution is 5.74. The van der Waals surface area contributed by atoms with E-state index in [-0.39, 0.29) is 17.5 Å². The standard InChI is InChI=1S/C15H19N3O2/c1-2-6-16-15(20)17-8-11-7-12(10-17)13-4-3-5-14(19)18(13)9-11/h2-5,11-12H,1,6-10H2,(H,16,20)/t11-,12+/m1/s1. The number of fused-ring (bicyclic) bond motifs is 4. The minimum absolute atomic E-state index is 0.0358. The molecule has 1 fully saturated rings. The smallest absolute Gasteiger partial charge is 0.317 e. The molecule has 0 aliphatic carbocycles. The number of piperidine rings is 1. The quantitative estimate of drug-likeness (QED) is 0.822. The Kier molecular flexibility index (Phi) is 3.34. The highest BCUT2D eigenvalue weighted by Gasteiger charge is 2.35. The normalized spacial score (nSPS) is 23.9. The van der Waals surface area contributed by atoms with Crippen LogP contribution in [0.2, 0.25) is 0 Å². The minimum atomic E-state index is -0.0358. The Labute approximate surface area is 117 Å². The fraction of sp³-hybridized carbons (Fsp3) is 0.467. The number of aromatic nitrogens is 1. The van der Waals surface area contributed by atoms with Crippen molar-refractivity contribution in [2.24, 2.45) is 5.92 Å². The summed E-state index contributed by atoms with van der Waals surface area (Å²) < 4.78 is 1.87. The predicted molar refractivity (Wildman–Crippen MR) is 76.7 cm³/mol. The molecular weight excluding hydrogens is 254 g/mol. The number of urea groups is 1. The fourth-order valence-electron chi connectivity index (χ4n) is 3.33. The summed E-state index contributed by atoms with van der Waals surface area (Å²) in [6, 6.07) is 5.39. The van der Waals surface area contributed by atoms with E-state index in [0.717, 1.165) is 25.2 Å². The molecule has 2 amide bonds. The first-order chi connectivity index (χ1) is 9.69. The lowest BCUT2D eigenvalue weighted by Gasteiger charge is -2.42. The molecule has 1 aromatic rings. The molecule has 0 aromatic carbocycles. The van der Waals surface area contributed by atoms with Crippen LogP contribution in [-0.2, 0) is 6.54 Å². The Morgan fingerprint density at radius 1 is 1.40 bits per heavy atom. The zero-order valence-electron chi connectivity index (χ0n) is 11.4. The number of amides is 2. The van der Waals surface area contributed by atoms with Crippen LogP contribution in [0.15, 0.2) is 35.6 Å². The second-order valence-corrected chi connectivity index (χ2v) is 5.58.